The van der Waals surface area contributed by atoms with E-state index in [0.29, 0.717) is 11.3 Å². The number of aliphatic carboxylic acids is 1. The van der Waals surface area contributed by atoms with E-state index in [0.717, 1.165) is 30.2 Å². The van der Waals surface area contributed by atoms with E-state index in [1.165, 1.54) is 12.0 Å². The normalized spacial score (nSPS) is 15.0. The zero-order valence-electron chi connectivity index (χ0n) is 11.8. The molecule has 21 heavy (non-hydrogen) atoms. The van der Waals surface area contributed by atoms with Crippen molar-refractivity contribution in [1.82, 2.24) is 4.90 Å². The molecule has 0 heterocycles. The van der Waals surface area contributed by atoms with Crippen LogP contribution in [-0.4, -0.2) is 41.6 Å². The number of hydrogen-bond donors (Lipinski definition) is 1. The van der Waals surface area contributed by atoms with Crippen LogP contribution in [0, 0.1) is 0 Å². The van der Waals surface area contributed by atoms with Gasteiger partial charge in [-0.25, -0.2) is 0 Å². The van der Waals surface area contributed by atoms with Gasteiger partial charge in [0.1, 0.15) is 12.3 Å². The minimum atomic E-state index is -0.994. The number of ether oxygens (including phenoxy) is 1. The smallest absolute Gasteiger partial charge is 0.323 e. The van der Waals surface area contributed by atoms with Gasteiger partial charge in [0, 0.05) is 10.5 Å². The largest absolute Gasteiger partial charge is 0.496 e. The predicted molar refractivity (Wildman–Crippen MR) is 81.6 cm³/mol. The molecule has 5 nitrogen and oxygen atoms in total. The van der Waals surface area contributed by atoms with Crippen LogP contribution in [-0.2, 0) is 4.79 Å². The van der Waals surface area contributed by atoms with Crippen molar-refractivity contribution in [3.05, 3.63) is 28.2 Å². The van der Waals surface area contributed by atoms with Crippen LogP contribution < -0.4 is 4.74 Å². The summed E-state index contributed by atoms with van der Waals surface area (Å²) in [6.45, 7) is -0.275. The van der Waals surface area contributed by atoms with E-state index >= 15 is 0 Å². The Morgan fingerprint density at radius 2 is 2.05 bits per heavy atom. The third-order valence-electron chi connectivity index (χ3n) is 3.73. The molecule has 1 saturated carbocycles. The van der Waals surface area contributed by atoms with Gasteiger partial charge in [-0.1, -0.05) is 28.8 Å². The molecule has 0 aromatic heterocycles. The molecule has 114 valence electrons. The molecule has 1 aromatic rings. The molecular weight excluding hydrogens is 338 g/mol. The lowest BCUT2D eigenvalue weighted by atomic mass is 10.1. The van der Waals surface area contributed by atoms with Crippen LogP contribution in [0.4, 0.5) is 0 Å². The number of carboxylic acid groups (broad SMARTS) is 1. The average Bonchev–Trinajstić information content (AvgIpc) is 2.97. The molecule has 6 heteroatoms. The fourth-order valence-electron chi connectivity index (χ4n) is 2.72. The van der Waals surface area contributed by atoms with Crippen LogP contribution in [0.15, 0.2) is 22.7 Å². The third-order valence-corrected chi connectivity index (χ3v) is 4.22. The first kappa shape index (κ1) is 15.8. The Balaban J connectivity index is 2.30. The highest BCUT2D eigenvalue weighted by molar-refractivity contribution is 9.10. The van der Waals surface area contributed by atoms with E-state index in [1.54, 1.807) is 18.2 Å². The van der Waals surface area contributed by atoms with E-state index < -0.39 is 5.97 Å². The van der Waals surface area contributed by atoms with Crippen molar-refractivity contribution >= 4 is 27.8 Å². The average molecular weight is 356 g/mol. The molecule has 0 unspecified atom stereocenters. The van der Waals surface area contributed by atoms with Crippen LogP contribution >= 0.6 is 15.9 Å². The van der Waals surface area contributed by atoms with Crippen molar-refractivity contribution in [3.8, 4) is 5.75 Å². The number of hydrogen-bond acceptors (Lipinski definition) is 3. The fourth-order valence-corrected chi connectivity index (χ4v) is 3.06. The third kappa shape index (κ3) is 3.75. The van der Waals surface area contributed by atoms with Gasteiger partial charge in [-0.3, -0.25) is 9.59 Å². The summed E-state index contributed by atoms with van der Waals surface area (Å²) in [7, 11) is 1.50. The lowest BCUT2D eigenvalue weighted by molar-refractivity contribution is -0.138. The van der Waals surface area contributed by atoms with Crippen molar-refractivity contribution < 1.29 is 19.4 Å². The Morgan fingerprint density at radius 1 is 1.38 bits per heavy atom. The molecule has 0 bridgehead atoms. The summed E-state index contributed by atoms with van der Waals surface area (Å²) in [6, 6.07) is 5.13. The summed E-state index contributed by atoms with van der Waals surface area (Å²) in [6.07, 6.45) is 3.78. The highest BCUT2D eigenvalue weighted by Crippen LogP contribution is 2.29. The van der Waals surface area contributed by atoms with Gasteiger partial charge in [-0.15, -0.1) is 0 Å². The second kappa shape index (κ2) is 6.93. The number of benzene rings is 1. The zero-order chi connectivity index (χ0) is 15.4. The molecule has 0 spiro atoms. The van der Waals surface area contributed by atoms with Gasteiger partial charge >= 0.3 is 5.97 Å². The zero-order valence-corrected chi connectivity index (χ0v) is 13.4. The number of carbonyl (C=O) groups excluding carboxylic acids is 1. The second-order valence-electron chi connectivity index (χ2n) is 5.11. The quantitative estimate of drug-likeness (QED) is 0.881. The Morgan fingerprint density at radius 3 is 2.62 bits per heavy atom. The Kier molecular flexibility index (Phi) is 5.22. The molecule has 1 fully saturated rings. The molecule has 1 aromatic carbocycles. The number of rotatable bonds is 5. The number of carboxylic acids is 1. The van der Waals surface area contributed by atoms with E-state index in [9.17, 15) is 9.59 Å². The molecule has 1 aliphatic rings. The first-order chi connectivity index (χ1) is 10.0. The number of nitrogens with zero attached hydrogens (tertiary/aromatic N) is 1. The topological polar surface area (TPSA) is 66.8 Å². The maximum atomic E-state index is 12.7. The SMILES string of the molecule is COc1cc(Br)ccc1C(=O)N(CC(=O)O)C1CCCC1. The summed E-state index contributed by atoms with van der Waals surface area (Å²) in [5, 5.41) is 9.08. The predicted octanol–water partition coefficient (Wildman–Crippen LogP) is 2.93. The number of amides is 1. The number of methoxy groups -OCH3 is 1. The van der Waals surface area contributed by atoms with E-state index in [2.05, 4.69) is 15.9 Å². The highest BCUT2D eigenvalue weighted by Gasteiger charge is 2.30. The lowest BCUT2D eigenvalue weighted by Gasteiger charge is -2.28. The van der Waals surface area contributed by atoms with Crippen LogP contribution in [0.1, 0.15) is 36.0 Å². The summed E-state index contributed by atoms with van der Waals surface area (Å²) in [5.74, 6) is -0.831. The second-order valence-corrected chi connectivity index (χ2v) is 6.03. The molecular formula is C15H18BrNO4. The van der Waals surface area contributed by atoms with Gasteiger partial charge in [0.15, 0.2) is 0 Å². The van der Waals surface area contributed by atoms with Gasteiger partial charge in [0.05, 0.1) is 12.7 Å². The van der Waals surface area contributed by atoms with Crippen LogP contribution in [0.3, 0.4) is 0 Å². The highest BCUT2D eigenvalue weighted by atomic mass is 79.9. The fraction of sp³-hybridized carbons (Fsp3) is 0.467. The van der Waals surface area contributed by atoms with Crippen molar-refractivity contribution in [2.75, 3.05) is 13.7 Å². The first-order valence-corrected chi connectivity index (χ1v) is 7.68. The molecule has 2 rings (SSSR count). The van der Waals surface area contributed by atoms with Crippen LogP contribution in [0.2, 0.25) is 0 Å². The lowest BCUT2D eigenvalue weighted by Crippen LogP contribution is -2.42. The maximum Gasteiger partial charge on any atom is 0.323 e. The summed E-state index contributed by atoms with van der Waals surface area (Å²) >= 11 is 3.33. The van der Waals surface area contributed by atoms with Crippen LogP contribution in [0.25, 0.3) is 0 Å². The van der Waals surface area contributed by atoms with Crippen molar-refractivity contribution in [2.24, 2.45) is 0 Å². The van der Waals surface area contributed by atoms with Crippen molar-refractivity contribution in [2.45, 2.75) is 31.7 Å². The van der Waals surface area contributed by atoms with Gasteiger partial charge in [0.25, 0.3) is 5.91 Å². The minimum absolute atomic E-state index is 0.00181. The Hall–Kier alpha value is -1.56. The van der Waals surface area contributed by atoms with E-state index in [-0.39, 0.29) is 18.5 Å². The van der Waals surface area contributed by atoms with Gasteiger partial charge in [-0.2, -0.15) is 0 Å². The minimum Gasteiger partial charge on any atom is -0.496 e. The molecule has 1 amide bonds. The molecule has 0 atom stereocenters. The molecule has 0 saturated heterocycles. The van der Waals surface area contributed by atoms with E-state index in [1.807, 2.05) is 0 Å². The van der Waals surface area contributed by atoms with Crippen LogP contribution in [0.5, 0.6) is 5.75 Å². The summed E-state index contributed by atoms with van der Waals surface area (Å²) in [5.41, 5.74) is 0.397. The summed E-state index contributed by atoms with van der Waals surface area (Å²) in [4.78, 5) is 25.3. The first-order valence-electron chi connectivity index (χ1n) is 6.89. The molecule has 1 aliphatic carbocycles. The summed E-state index contributed by atoms with van der Waals surface area (Å²) < 4.78 is 6.05. The van der Waals surface area contributed by atoms with Crippen molar-refractivity contribution in [1.29, 1.82) is 0 Å². The Bertz CT molecular complexity index is 540. The molecule has 1 N–H and O–H groups in total. The van der Waals surface area contributed by atoms with Gasteiger partial charge in [0.2, 0.25) is 0 Å². The Labute approximate surface area is 132 Å². The van der Waals surface area contributed by atoms with E-state index in [4.69, 9.17) is 9.84 Å². The number of halogens is 1. The maximum absolute atomic E-state index is 12.7. The van der Waals surface area contributed by atoms with Gasteiger partial charge in [-0.05, 0) is 31.0 Å². The molecule has 0 aliphatic heterocycles. The monoisotopic (exact) mass is 355 g/mol. The molecule has 0 radical (unpaired) electrons. The van der Waals surface area contributed by atoms with Crippen molar-refractivity contribution in [3.63, 3.8) is 0 Å². The van der Waals surface area contributed by atoms with Gasteiger partial charge < -0.3 is 14.7 Å². The standard InChI is InChI=1S/C15H18BrNO4/c1-21-13-8-10(16)6-7-12(13)15(20)17(9-14(18)19)11-4-2-3-5-11/h6-8,11H,2-5,9H2,1H3,(H,18,19). The number of carbonyl (C=O) groups is 2.